The molecule has 4 fully saturated rings. The average Bonchev–Trinajstić information content (AvgIpc) is 3.77. The lowest BCUT2D eigenvalue weighted by Crippen LogP contribution is -2.56. The molecule has 9 nitrogen and oxygen atoms in total. The number of benzene rings is 2. The zero-order valence-corrected chi connectivity index (χ0v) is 28.0. The lowest BCUT2D eigenvalue weighted by atomic mass is 9.79. The van der Waals surface area contributed by atoms with Crippen LogP contribution < -0.4 is 9.64 Å². The van der Waals surface area contributed by atoms with Crippen molar-refractivity contribution in [1.82, 2.24) is 9.80 Å². The van der Waals surface area contributed by atoms with Crippen LogP contribution in [-0.2, 0) is 30.8 Å². The first-order chi connectivity index (χ1) is 23.5. The van der Waals surface area contributed by atoms with E-state index in [0.29, 0.717) is 88.4 Å². The van der Waals surface area contributed by atoms with E-state index < -0.39 is 35.3 Å². The molecule has 4 aliphatic heterocycles. The summed E-state index contributed by atoms with van der Waals surface area (Å²) in [5, 5.41) is 9.47. The van der Waals surface area contributed by atoms with Crippen molar-refractivity contribution in [3.05, 3.63) is 59.2 Å². The number of alkyl halides is 4. The number of rotatable bonds is 9. The van der Waals surface area contributed by atoms with Crippen LogP contribution >= 0.6 is 0 Å². The molecule has 0 bridgehead atoms. The number of carbonyl (C=O) groups is 2. The molecule has 2 aromatic carbocycles. The molecule has 49 heavy (non-hydrogen) atoms. The van der Waals surface area contributed by atoms with Gasteiger partial charge in [0, 0.05) is 51.5 Å². The number of carbonyl (C=O) groups excluding carboxylic acids is 1. The summed E-state index contributed by atoms with van der Waals surface area (Å²) >= 11 is 0. The van der Waals surface area contributed by atoms with E-state index in [1.807, 2.05) is 34.1 Å². The zero-order chi connectivity index (χ0) is 34.9. The number of amides is 1. The highest BCUT2D eigenvalue weighted by Gasteiger charge is 2.52. The molecule has 0 aliphatic carbocycles. The summed E-state index contributed by atoms with van der Waals surface area (Å²) < 4.78 is 74.0. The fourth-order valence-electron chi connectivity index (χ4n) is 8.48. The molecule has 4 aliphatic rings. The van der Waals surface area contributed by atoms with E-state index in [1.54, 1.807) is 14.2 Å². The van der Waals surface area contributed by atoms with Gasteiger partial charge >= 0.3 is 12.1 Å². The van der Waals surface area contributed by atoms with E-state index in [9.17, 15) is 27.9 Å². The fourth-order valence-corrected chi connectivity index (χ4v) is 8.48. The van der Waals surface area contributed by atoms with Gasteiger partial charge in [0.15, 0.2) is 0 Å². The molecular weight excluding hydrogens is 646 g/mol. The fraction of sp³-hybridized carbons (Fsp3) is 0.611. The largest absolute Gasteiger partial charge is 0.497 e. The highest BCUT2D eigenvalue weighted by molar-refractivity contribution is 5.80. The highest BCUT2D eigenvalue weighted by atomic mass is 19.4. The van der Waals surface area contributed by atoms with E-state index in [0.717, 1.165) is 11.6 Å². The molecule has 2 aromatic rings. The summed E-state index contributed by atoms with van der Waals surface area (Å²) in [7, 11) is 3.14. The van der Waals surface area contributed by atoms with Crippen molar-refractivity contribution in [2.24, 2.45) is 11.8 Å². The molecule has 6 rings (SSSR count). The summed E-state index contributed by atoms with van der Waals surface area (Å²) in [6.45, 7) is 2.52. The van der Waals surface area contributed by atoms with E-state index in [1.165, 1.54) is 12.1 Å². The predicted octanol–water partition coefficient (Wildman–Crippen LogP) is 5.32. The molecule has 4 heterocycles. The number of halogens is 4. The molecular formula is C36H45F4N3O6. The Labute approximate surface area is 284 Å². The Kier molecular flexibility index (Phi) is 10.4. The van der Waals surface area contributed by atoms with Gasteiger partial charge in [0.25, 0.3) is 0 Å². The standard InChI is InChI=1S/C36H45F4N3O6/c1-47-21-28-17-25(30-8-5-27(36(38,39)40)18-31(30)41-13-9-23(10-14-41)34(45)46)20-43(28)33(44)24-11-15-42(19-24)35(12-16-49-22-32(35)37)26-3-6-29(48-2)7-4-26/h3-8,18,23-25,28,32H,9-17,19-22H2,1-2H3,(H,45,46)/t24-,25+,28-,32-,35+/m0/s1. The third-order valence-corrected chi connectivity index (χ3v) is 11.1. The Morgan fingerprint density at radius 1 is 1.00 bits per heavy atom. The normalized spacial score (nSPS) is 28.6. The van der Waals surface area contributed by atoms with Crippen LogP contribution in [0.1, 0.15) is 54.7 Å². The van der Waals surface area contributed by atoms with Crippen LogP contribution in [0.5, 0.6) is 5.75 Å². The van der Waals surface area contributed by atoms with Gasteiger partial charge in [-0.2, -0.15) is 13.2 Å². The second-order valence-corrected chi connectivity index (χ2v) is 13.8. The van der Waals surface area contributed by atoms with Crippen LogP contribution in [0.4, 0.5) is 23.2 Å². The summed E-state index contributed by atoms with van der Waals surface area (Å²) in [5.41, 5.74) is 0.269. The predicted molar refractivity (Wildman–Crippen MR) is 173 cm³/mol. The zero-order valence-electron chi connectivity index (χ0n) is 28.0. The third kappa shape index (κ3) is 6.98. The topological polar surface area (TPSA) is 91.8 Å². The van der Waals surface area contributed by atoms with Crippen LogP contribution in [0.15, 0.2) is 42.5 Å². The van der Waals surface area contributed by atoms with Crippen molar-refractivity contribution in [1.29, 1.82) is 0 Å². The van der Waals surface area contributed by atoms with Gasteiger partial charge in [0.1, 0.15) is 11.9 Å². The SMILES string of the molecule is COC[C@@H]1C[C@@H](c2ccc(C(F)(F)F)cc2N2CCC(C(=O)O)CC2)CN1C(=O)[C@H]1CCN([C@@]2(c3ccc(OC)cc3)CCOC[C@@H]2F)C1. The molecule has 4 saturated heterocycles. The first-order valence-corrected chi connectivity index (χ1v) is 17.1. The maximum Gasteiger partial charge on any atom is 0.416 e. The van der Waals surface area contributed by atoms with Crippen molar-refractivity contribution in [3.8, 4) is 5.75 Å². The minimum Gasteiger partial charge on any atom is -0.497 e. The molecule has 1 N–H and O–H groups in total. The molecule has 0 saturated carbocycles. The monoisotopic (exact) mass is 691 g/mol. The molecule has 1 amide bonds. The van der Waals surface area contributed by atoms with Crippen LogP contribution in [0.3, 0.4) is 0 Å². The van der Waals surface area contributed by atoms with Crippen LogP contribution in [0.25, 0.3) is 0 Å². The summed E-state index contributed by atoms with van der Waals surface area (Å²) in [6.07, 6.45) is -3.64. The number of piperidine rings is 1. The number of anilines is 1. The minimum absolute atomic E-state index is 0.0334. The van der Waals surface area contributed by atoms with E-state index in [2.05, 4.69) is 4.90 Å². The van der Waals surface area contributed by atoms with Crippen molar-refractivity contribution in [2.45, 2.75) is 62.0 Å². The number of hydrogen-bond acceptors (Lipinski definition) is 7. The van der Waals surface area contributed by atoms with Gasteiger partial charge in [-0.05, 0) is 74.0 Å². The molecule has 5 atom stereocenters. The van der Waals surface area contributed by atoms with Crippen molar-refractivity contribution in [3.63, 3.8) is 0 Å². The second kappa shape index (κ2) is 14.4. The maximum absolute atomic E-state index is 16.0. The average molecular weight is 692 g/mol. The van der Waals surface area contributed by atoms with Gasteiger partial charge in [0.05, 0.1) is 49.3 Å². The van der Waals surface area contributed by atoms with Gasteiger partial charge in [-0.25, -0.2) is 4.39 Å². The van der Waals surface area contributed by atoms with Crippen molar-refractivity contribution in [2.75, 3.05) is 71.7 Å². The van der Waals surface area contributed by atoms with E-state index in [-0.39, 0.29) is 37.0 Å². The number of nitrogens with zero attached hydrogens (tertiary/aromatic N) is 3. The Morgan fingerprint density at radius 2 is 1.71 bits per heavy atom. The van der Waals surface area contributed by atoms with Gasteiger partial charge in [-0.1, -0.05) is 18.2 Å². The highest BCUT2D eigenvalue weighted by Crippen LogP contribution is 2.45. The minimum atomic E-state index is -4.54. The van der Waals surface area contributed by atoms with E-state index in [4.69, 9.17) is 14.2 Å². The Morgan fingerprint density at radius 3 is 2.35 bits per heavy atom. The first-order valence-electron chi connectivity index (χ1n) is 17.1. The number of ether oxygens (including phenoxy) is 3. The number of methoxy groups -OCH3 is 2. The maximum atomic E-state index is 16.0. The Hall–Kier alpha value is -3.42. The quantitative estimate of drug-likeness (QED) is 0.354. The van der Waals surface area contributed by atoms with E-state index >= 15 is 4.39 Å². The number of carboxylic acid groups (broad SMARTS) is 1. The van der Waals surface area contributed by atoms with Gasteiger partial charge < -0.3 is 29.1 Å². The second-order valence-electron chi connectivity index (χ2n) is 13.8. The smallest absolute Gasteiger partial charge is 0.416 e. The summed E-state index contributed by atoms with van der Waals surface area (Å²) in [6, 6.07) is 10.9. The molecule has 0 unspecified atom stereocenters. The lowest BCUT2D eigenvalue weighted by Gasteiger charge is -2.47. The lowest BCUT2D eigenvalue weighted by molar-refractivity contribution is -0.142. The Bertz CT molecular complexity index is 1480. The molecule has 268 valence electrons. The van der Waals surface area contributed by atoms with Crippen LogP contribution in [0.2, 0.25) is 0 Å². The number of aliphatic carboxylic acids is 1. The Balaban J connectivity index is 1.24. The summed E-state index contributed by atoms with van der Waals surface area (Å²) in [4.78, 5) is 31.6. The number of carboxylic acids is 1. The van der Waals surface area contributed by atoms with Gasteiger partial charge in [-0.15, -0.1) is 0 Å². The van der Waals surface area contributed by atoms with Gasteiger partial charge in [-0.3, -0.25) is 14.5 Å². The first kappa shape index (κ1) is 35.4. The molecule has 0 radical (unpaired) electrons. The molecule has 0 spiro atoms. The van der Waals surface area contributed by atoms with Crippen molar-refractivity contribution >= 4 is 17.6 Å². The van der Waals surface area contributed by atoms with Crippen LogP contribution in [-0.4, -0.2) is 106 Å². The number of hydrogen-bond donors (Lipinski definition) is 1. The van der Waals surface area contributed by atoms with Gasteiger partial charge in [0.2, 0.25) is 5.91 Å². The third-order valence-electron chi connectivity index (χ3n) is 11.1. The van der Waals surface area contributed by atoms with Crippen molar-refractivity contribution < 1.29 is 46.5 Å². The molecule has 0 aromatic heterocycles. The molecule has 13 heteroatoms. The number of likely N-dealkylation sites (tertiary alicyclic amines) is 2. The van der Waals surface area contributed by atoms with Crippen LogP contribution in [0, 0.1) is 11.8 Å². The summed E-state index contributed by atoms with van der Waals surface area (Å²) in [5.74, 6) is -1.44.